The Hall–Kier alpha value is -1.40. The third kappa shape index (κ3) is 3.33. The van der Waals surface area contributed by atoms with E-state index in [0.717, 1.165) is 5.56 Å². The van der Waals surface area contributed by atoms with E-state index in [2.05, 4.69) is 5.32 Å². The van der Waals surface area contributed by atoms with Crippen molar-refractivity contribution in [2.45, 2.75) is 6.54 Å². The Balaban J connectivity index is 2.17. The summed E-state index contributed by atoms with van der Waals surface area (Å²) in [5.41, 5.74) is 2.08. The summed E-state index contributed by atoms with van der Waals surface area (Å²) in [7, 11) is 0. The average Bonchev–Trinajstić information content (AvgIpc) is 2.39. The first-order valence-corrected chi connectivity index (χ1v) is 6.61. The molecule has 0 aromatic heterocycles. The lowest BCUT2D eigenvalue weighted by atomic mass is 10.1. The topological polar surface area (TPSA) is 35.8 Å². The van der Waals surface area contributed by atoms with Gasteiger partial charge >= 0.3 is 0 Å². The minimum absolute atomic E-state index is 0.480. The van der Waals surface area contributed by atoms with Gasteiger partial charge in [0.2, 0.25) is 0 Å². The molecule has 0 heterocycles. The number of hydrogen-bond donors (Lipinski definition) is 1. The Morgan fingerprint density at radius 2 is 1.68 bits per heavy atom. The largest absolute Gasteiger partial charge is 0.378 e. The molecule has 1 N–H and O–H groups in total. The lowest BCUT2D eigenvalue weighted by molar-refractivity contribution is 1.15. The van der Waals surface area contributed by atoms with Gasteiger partial charge in [-0.15, -0.1) is 0 Å². The number of halogens is 3. The molecule has 2 aromatic rings. The molecule has 2 aromatic carbocycles. The van der Waals surface area contributed by atoms with Crippen LogP contribution in [0.1, 0.15) is 11.1 Å². The first-order valence-electron chi connectivity index (χ1n) is 5.48. The van der Waals surface area contributed by atoms with Crippen molar-refractivity contribution in [3.8, 4) is 6.07 Å². The number of nitriles is 1. The molecule has 2 nitrogen and oxygen atoms in total. The molecular formula is C14H9Cl3N2. The maximum atomic E-state index is 8.77. The van der Waals surface area contributed by atoms with Crippen LogP contribution in [-0.4, -0.2) is 0 Å². The van der Waals surface area contributed by atoms with Crippen LogP contribution >= 0.6 is 34.8 Å². The molecule has 0 saturated carbocycles. The maximum absolute atomic E-state index is 8.77. The highest BCUT2D eigenvalue weighted by molar-refractivity contribution is 6.39. The fraction of sp³-hybridized carbons (Fsp3) is 0.0714. The lowest BCUT2D eigenvalue weighted by Gasteiger charge is -2.11. The first-order chi connectivity index (χ1) is 9.11. The average molecular weight is 312 g/mol. The normalized spacial score (nSPS) is 10.0. The van der Waals surface area contributed by atoms with Gasteiger partial charge in [-0.25, -0.2) is 0 Å². The second-order valence-corrected chi connectivity index (χ2v) is 5.09. The number of anilines is 1. The van der Waals surface area contributed by atoms with E-state index < -0.39 is 0 Å². The van der Waals surface area contributed by atoms with Crippen LogP contribution < -0.4 is 5.32 Å². The smallest absolute Gasteiger partial charge is 0.0992 e. The molecule has 0 bridgehead atoms. The summed E-state index contributed by atoms with van der Waals surface area (Å²) in [4.78, 5) is 0. The highest BCUT2D eigenvalue weighted by atomic mass is 35.5. The number of nitrogens with one attached hydrogen (secondary N) is 1. The van der Waals surface area contributed by atoms with Crippen molar-refractivity contribution in [1.29, 1.82) is 5.26 Å². The highest BCUT2D eigenvalue weighted by Crippen LogP contribution is 2.30. The third-order valence-electron chi connectivity index (χ3n) is 2.60. The van der Waals surface area contributed by atoms with Crippen molar-refractivity contribution >= 4 is 40.5 Å². The van der Waals surface area contributed by atoms with Crippen molar-refractivity contribution in [2.75, 3.05) is 5.32 Å². The predicted molar refractivity (Wildman–Crippen MR) is 80.0 cm³/mol. The second kappa shape index (κ2) is 6.16. The standard InChI is InChI=1S/C14H9Cl3N2/c15-11-2-1-3-12(16)14(11)19-8-10-5-4-9(7-18)6-13(10)17/h1-6,19H,8H2. The molecule has 0 fully saturated rings. The van der Waals surface area contributed by atoms with Crippen LogP contribution in [0.25, 0.3) is 0 Å². The van der Waals surface area contributed by atoms with Crippen molar-refractivity contribution in [2.24, 2.45) is 0 Å². The van der Waals surface area contributed by atoms with E-state index in [1.165, 1.54) is 0 Å². The number of rotatable bonds is 3. The van der Waals surface area contributed by atoms with E-state index in [0.29, 0.717) is 32.9 Å². The molecule has 0 unspecified atom stereocenters. The third-order valence-corrected chi connectivity index (χ3v) is 3.58. The minimum Gasteiger partial charge on any atom is -0.378 e. The van der Waals surface area contributed by atoms with E-state index in [1.54, 1.807) is 36.4 Å². The zero-order valence-corrected chi connectivity index (χ0v) is 12.0. The summed E-state index contributed by atoms with van der Waals surface area (Å²) >= 11 is 18.2. The molecule has 5 heteroatoms. The number of benzene rings is 2. The Bertz CT molecular complexity index is 627. The number of para-hydroxylation sites is 1. The van der Waals surface area contributed by atoms with E-state index in [-0.39, 0.29) is 0 Å². The summed E-state index contributed by atoms with van der Waals surface area (Å²) in [5, 5.41) is 13.6. The molecule has 19 heavy (non-hydrogen) atoms. The van der Waals surface area contributed by atoms with Crippen molar-refractivity contribution < 1.29 is 0 Å². The summed E-state index contributed by atoms with van der Waals surface area (Å²) in [6.07, 6.45) is 0. The zero-order chi connectivity index (χ0) is 13.8. The summed E-state index contributed by atoms with van der Waals surface area (Å²) < 4.78 is 0. The van der Waals surface area contributed by atoms with Crippen molar-refractivity contribution in [3.05, 3.63) is 62.6 Å². The van der Waals surface area contributed by atoms with E-state index in [9.17, 15) is 0 Å². The summed E-state index contributed by atoms with van der Waals surface area (Å²) in [6, 6.07) is 12.5. The molecule has 0 atom stereocenters. The molecule has 0 spiro atoms. The van der Waals surface area contributed by atoms with Gasteiger partial charge < -0.3 is 5.32 Å². The van der Waals surface area contributed by atoms with Gasteiger partial charge in [0.15, 0.2) is 0 Å². The van der Waals surface area contributed by atoms with Crippen molar-refractivity contribution in [3.63, 3.8) is 0 Å². The Morgan fingerprint density at radius 1 is 1.00 bits per heavy atom. The van der Waals surface area contributed by atoms with Gasteiger partial charge in [-0.05, 0) is 29.8 Å². The minimum atomic E-state index is 0.480. The molecule has 0 aliphatic heterocycles. The SMILES string of the molecule is N#Cc1ccc(CNc2c(Cl)cccc2Cl)c(Cl)c1. The summed E-state index contributed by atoms with van der Waals surface area (Å²) in [6.45, 7) is 0.480. The zero-order valence-electron chi connectivity index (χ0n) is 9.75. The van der Waals surface area contributed by atoms with Crippen LogP contribution in [0.4, 0.5) is 5.69 Å². The fourth-order valence-electron chi connectivity index (χ4n) is 1.61. The second-order valence-electron chi connectivity index (χ2n) is 3.87. The molecule has 96 valence electrons. The fourth-order valence-corrected chi connectivity index (χ4v) is 2.39. The van der Waals surface area contributed by atoms with Gasteiger partial charge in [0.05, 0.1) is 27.4 Å². The molecule has 0 saturated heterocycles. The van der Waals surface area contributed by atoms with Gasteiger partial charge in [0, 0.05) is 11.6 Å². The molecular weight excluding hydrogens is 303 g/mol. The van der Waals surface area contributed by atoms with E-state index in [4.69, 9.17) is 40.1 Å². The van der Waals surface area contributed by atoms with Crippen LogP contribution in [-0.2, 0) is 6.54 Å². The monoisotopic (exact) mass is 310 g/mol. The molecule has 0 aliphatic rings. The number of hydrogen-bond acceptors (Lipinski definition) is 2. The van der Waals surface area contributed by atoms with Gasteiger partial charge in [0.1, 0.15) is 0 Å². The predicted octanol–water partition coefficient (Wildman–Crippen LogP) is 5.13. The Kier molecular flexibility index (Phi) is 4.55. The van der Waals surface area contributed by atoms with Gasteiger partial charge in [-0.2, -0.15) is 5.26 Å². The van der Waals surface area contributed by atoms with Crippen molar-refractivity contribution in [1.82, 2.24) is 0 Å². The van der Waals surface area contributed by atoms with E-state index in [1.807, 2.05) is 6.07 Å². The van der Waals surface area contributed by atoms with Crippen LogP contribution in [0.3, 0.4) is 0 Å². The first kappa shape index (κ1) is 14.0. The highest BCUT2D eigenvalue weighted by Gasteiger charge is 2.06. The Labute approximate surface area is 126 Å². The van der Waals surface area contributed by atoms with Crippen LogP contribution in [0.15, 0.2) is 36.4 Å². The number of nitrogens with zero attached hydrogens (tertiary/aromatic N) is 1. The molecule has 2 rings (SSSR count). The maximum Gasteiger partial charge on any atom is 0.0992 e. The quantitative estimate of drug-likeness (QED) is 0.853. The lowest BCUT2D eigenvalue weighted by Crippen LogP contribution is -2.01. The molecule has 0 aliphatic carbocycles. The molecule has 0 radical (unpaired) electrons. The summed E-state index contributed by atoms with van der Waals surface area (Å²) in [5.74, 6) is 0. The Morgan fingerprint density at radius 3 is 2.26 bits per heavy atom. The van der Waals surface area contributed by atoms with Gasteiger partial charge in [0.25, 0.3) is 0 Å². The molecule has 0 amide bonds. The van der Waals surface area contributed by atoms with Gasteiger partial charge in [-0.1, -0.05) is 46.9 Å². The van der Waals surface area contributed by atoms with Gasteiger partial charge in [-0.3, -0.25) is 0 Å². The van der Waals surface area contributed by atoms with Crippen LogP contribution in [0.2, 0.25) is 15.1 Å². The van der Waals surface area contributed by atoms with Crippen LogP contribution in [0.5, 0.6) is 0 Å². The van der Waals surface area contributed by atoms with E-state index >= 15 is 0 Å². The van der Waals surface area contributed by atoms with Crippen LogP contribution in [0, 0.1) is 11.3 Å².